The number of para-hydroxylation sites is 1. The van der Waals surface area contributed by atoms with Crippen LogP contribution < -0.4 is 15.4 Å². The van der Waals surface area contributed by atoms with E-state index in [9.17, 15) is 4.79 Å². The predicted octanol–water partition coefficient (Wildman–Crippen LogP) is 6.20. The van der Waals surface area contributed by atoms with Crippen LogP contribution in [0.3, 0.4) is 0 Å². The number of nitrogens with zero attached hydrogens (tertiary/aromatic N) is 3. The van der Waals surface area contributed by atoms with Crippen LogP contribution >= 0.6 is 0 Å². The van der Waals surface area contributed by atoms with Gasteiger partial charge in [-0.05, 0) is 86.6 Å². The highest BCUT2D eigenvalue weighted by molar-refractivity contribution is 5.99. The number of hydrogen-bond acceptors (Lipinski definition) is 6. The lowest BCUT2D eigenvalue weighted by molar-refractivity contribution is 0.223. The Hall–Kier alpha value is -4.17. The predicted molar refractivity (Wildman–Crippen MR) is 139 cm³/mol. The zero-order valence-corrected chi connectivity index (χ0v) is 20.0. The molecule has 2 amide bonds. The summed E-state index contributed by atoms with van der Waals surface area (Å²) in [6.07, 6.45) is 4.62. The molecule has 0 bridgehead atoms. The Morgan fingerprint density at radius 1 is 0.833 bits per heavy atom. The molecule has 0 spiro atoms. The van der Waals surface area contributed by atoms with Gasteiger partial charge in [0.1, 0.15) is 11.5 Å². The van der Waals surface area contributed by atoms with Crippen molar-refractivity contribution in [2.24, 2.45) is 0 Å². The molecule has 1 saturated heterocycles. The van der Waals surface area contributed by atoms with E-state index in [0.717, 1.165) is 37.4 Å². The van der Waals surface area contributed by atoms with Gasteiger partial charge in [0, 0.05) is 29.9 Å². The first-order valence-corrected chi connectivity index (χ1v) is 12.3. The van der Waals surface area contributed by atoms with E-state index in [4.69, 9.17) is 9.26 Å². The average Bonchev–Trinajstić information content (AvgIpc) is 3.39. The van der Waals surface area contributed by atoms with Crippen molar-refractivity contribution in [1.82, 2.24) is 15.0 Å². The van der Waals surface area contributed by atoms with Crippen LogP contribution in [-0.2, 0) is 6.42 Å². The van der Waals surface area contributed by atoms with Gasteiger partial charge < -0.3 is 24.8 Å². The van der Waals surface area contributed by atoms with Crippen molar-refractivity contribution < 1.29 is 14.1 Å². The van der Waals surface area contributed by atoms with Crippen molar-refractivity contribution in [3.63, 3.8) is 0 Å². The molecule has 2 N–H and O–H groups in total. The molecule has 0 aliphatic carbocycles. The van der Waals surface area contributed by atoms with Crippen molar-refractivity contribution in [1.29, 1.82) is 0 Å². The summed E-state index contributed by atoms with van der Waals surface area (Å²) in [6, 6.07) is 23.8. The Kier molecular flexibility index (Phi) is 7.53. The Labute approximate surface area is 210 Å². The van der Waals surface area contributed by atoms with Crippen LogP contribution in [0.1, 0.15) is 25.2 Å². The SMILES string of the molecule is O=C(Nc1ccc(Oc2ccccc2)cc1)Nc1ccc(-c2noc(CCN3CCCCC3)n2)cc1. The number of hydrogen-bond donors (Lipinski definition) is 2. The lowest BCUT2D eigenvalue weighted by Crippen LogP contribution is -2.31. The molecular weight excluding hydrogens is 454 g/mol. The van der Waals surface area contributed by atoms with Gasteiger partial charge in [-0.3, -0.25) is 0 Å². The zero-order valence-electron chi connectivity index (χ0n) is 20.0. The van der Waals surface area contributed by atoms with Gasteiger partial charge in [-0.1, -0.05) is 29.8 Å². The van der Waals surface area contributed by atoms with Crippen LogP contribution in [0.4, 0.5) is 16.2 Å². The average molecular weight is 484 g/mol. The number of nitrogens with one attached hydrogen (secondary N) is 2. The molecule has 1 aliphatic rings. The number of anilines is 2. The van der Waals surface area contributed by atoms with Gasteiger partial charge in [0.25, 0.3) is 0 Å². The van der Waals surface area contributed by atoms with E-state index in [1.807, 2.05) is 66.7 Å². The second kappa shape index (κ2) is 11.5. The molecule has 4 aromatic rings. The summed E-state index contributed by atoms with van der Waals surface area (Å²) >= 11 is 0. The van der Waals surface area contributed by atoms with Crippen LogP contribution in [-0.4, -0.2) is 40.7 Å². The van der Waals surface area contributed by atoms with E-state index in [-0.39, 0.29) is 6.03 Å². The molecule has 1 aromatic heterocycles. The van der Waals surface area contributed by atoms with Crippen molar-refractivity contribution in [2.45, 2.75) is 25.7 Å². The summed E-state index contributed by atoms with van der Waals surface area (Å²) in [5.74, 6) is 2.66. The molecule has 1 fully saturated rings. The van der Waals surface area contributed by atoms with Gasteiger partial charge in [0.05, 0.1) is 0 Å². The fourth-order valence-electron chi connectivity index (χ4n) is 4.14. The van der Waals surface area contributed by atoms with Crippen LogP contribution in [0.5, 0.6) is 11.5 Å². The molecule has 8 heteroatoms. The molecule has 5 rings (SSSR count). The Morgan fingerprint density at radius 2 is 1.47 bits per heavy atom. The quantitative estimate of drug-likeness (QED) is 0.310. The van der Waals surface area contributed by atoms with Crippen molar-refractivity contribution in [2.75, 3.05) is 30.3 Å². The van der Waals surface area contributed by atoms with Crippen LogP contribution in [0, 0.1) is 0 Å². The van der Waals surface area contributed by atoms with Crippen molar-refractivity contribution >= 4 is 17.4 Å². The molecule has 8 nitrogen and oxygen atoms in total. The van der Waals surface area contributed by atoms with E-state index in [0.29, 0.717) is 28.8 Å². The summed E-state index contributed by atoms with van der Waals surface area (Å²) in [7, 11) is 0. The van der Waals surface area contributed by atoms with Gasteiger partial charge in [0.2, 0.25) is 11.7 Å². The minimum Gasteiger partial charge on any atom is -0.457 e. The number of rotatable bonds is 8. The number of urea groups is 1. The molecule has 36 heavy (non-hydrogen) atoms. The lowest BCUT2D eigenvalue weighted by Gasteiger charge is -2.25. The zero-order chi connectivity index (χ0) is 24.6. The molecular formula is C28H29N5O3. The lowest BCUT2D eigenvalue weighted by atomic mass is 10.1. The van der Waals surface area contributed by atoms with Crippen LogP contribution in [0.25, 0.3) is 11.4 Å². The van der Waals surface area contributed by atoms with E-state index in [2.05, 4.69) is 25.7 Å². The van der Waals surface area contributed by atoms with Crippen LogP contribution in [0.15, 0.2) is 83.4 Å². The largest absolute Gasteiger partial charge is 0.457 e. The minimum absolute atomic E-state index is 0.334. The van der Waals surface area contributed by atoms with Gasteiger partial charge in [-0.15, -0.1) is 0 Å². The standard InChI is InChI=1S/C28H29N5O3/c34-28(30-23-13-15-25(16-14-23)35-24-7-3-1-4-8-24)29-22-11-9-21(10-12-22)27-31-26(36-32-27)17-20-33-18-5-2-6-19-33/h1,3-4,7-16H,2,5-6,17-20H2,(H2,29,30,34). The first-order valence-electron chi connectivity index (χ1n) is 12.3. The first-order chi connectivity index (χ1) is 17.7. The Bertz CT molecular complexity index is 1250. The molecule has 0 unspecified atom stereocenters. The number of ether oxygens (including phenoxy) is 1. The smallest absolute Gasteiger partial charge is 0.323 e. The Balaban J connectivity index is 1.11. The third kappa shape index (κ3) is 6.49. The number of likely N-dealkylation sites (tertiary alicyclic amines) is 1. The highest BCUT2D eigenvalue weighted by atomic mass is 16.5. The van der Waals surface area contributed by atoms with E-state index in [1.54, 1.807) is 12.1 Å². The maximum atomic E-state index is 12.4. The van der Waals surface area contributed by atoms with Gasteiger partial charge in [0.15, 0.2) is 0 Å². The van der Waals surface area contributed by atoms with E-state index in [1.165, 1.54) is 19.3 Å². The molecule has 3 aromatic carbocycles. The van der Waals surface area contributed by atoms with Crippen LogP contribution in [0.2, 0.25) is 0 Å². The van der Waals surface area contributed by atoms with Gasteiger partial charge in [-0.2, -0.15) is 4.98 Å². The monoisotopic (exact) mass is 483 g/mol. The number of aromatic nitrogens is 2. The maximum absolute atomic E-state index is 12.4. The summed E-state index contributed by atoms with van der Waals surface area (Å²) in [5, 5.41) is 9.77. The fourth-order valence-corrected chi connectivity index (χ4v) is 4.14. The van der Waals surface area contributed by atoms with Crippen molar-refractivity contribution in [3.05, 3.63) is 84.8 Å². The second-order valence-corrected chi connectivity index (χ2v) is 8.76. The van der Waals surface area contributed by atoms with Crippen molar-refractivity contribution in [3.8, 4) is 22.9 Å². The third-order valence-electron chi connectivity index (χ3n) is 6.05. The third-order valence-corrected chi connectivity index (χ3v) is 6.05. The molecule has 184 valence electrons. The number of benzene rings is 3. The summed E-state index contributed by atoms with van der Waals surface area (Å²) in [4.78, 5) is 19.4. The van der Waals surface area contributed by atoms with E-state index < -0.39 is 0 Å². The molecule has 2 heterocycles. The normalized spacial score (nSPS) is 13.8. The number of piperidine rings is 1. The summed E-state index contributed by atoms with van der Waals surface area (Å²) in [5.41, 5.74) is 2.16. The first kappa shape index (κ1) is 23.6. The number of carbonyl (C=O) groups is 1. The number of carbonyl (C=O) groups excluding carboxylic acids is 1. The second-order valence-electron chi connectivity index (χ2n) is 8.76. The number of amides is 2. The van der Waals surface area contributed by atoms with E-state index >= 15 is 0 Å². The molecule has 0 radical (unpaired) electrons. The summed E-state index contributed by atoms with van der Waals surface area (Å²) < 4.78 is 11.2. The fraction of sp³-hybridized carbons (Fsp3) is 0.250. The summed E-state index contributed by atoms with van der Waals surface area (Å²) in [6.45, 7) is 3.25. The van der Waals surface area contributed by atoms with Gasteiger partial charge in [-0.25, -0.2) is 4.79 Å². The molecule has 0 atom stereocenters. The maximum Gasteiger partial charge on any atom is 0.323 e. The highest BCUT2D eigenvalue weighted by Gasteiger charge is 2.13. The molecule has 0 saturated carbocycles. The Morgan fingerprint density at radius 3 is 2.17 bits per heavy atom. The minimum atomic E-state index is -0.334. The highest BCUT2D eigenvalue weighted by Crippen LogP contribution is 2.23. The molecule has 1 aliphatic heterocycles. The topological polar surface area (TPSA) is 92.5 Å². The van der Waals surface area contributed by atoms with Gasteiger partial charge >= 0.3 is 6.03 Å².